The van der Waals surface area contributed by atoms with Crippen molar-refractivity contribution >= 4 is 25.6 Å². The second-order valence-electron chi connectivity index (χ2n) is 13.7. The molecule has 0 aliphatic heterocycles. The third kappa shape index (κ3) is 11.4. The average Bonchev–Trinajstić information content (AvgIpc) is 3.04. The van der Waals surface area contributed by atoms with Crippen molar-refractivity contribution in [2.24, 2.45) is 5.92 Å². The zero-order valence-corrected chi connectivity index (χ0v) is 30.0. The van der Waals surface area contributed by atoms with E-state index in [-0.39, 0.29) is 22.2 Å². The lowest BCUT2D eigenvalue weighted by Gasteiger charge is -2.50. The molecule has 1 aliphatic rings. The van der Waals surface area contributed by atoms with Crippen molar-refractivity contribution < 1.29 is 27.4 Å². The molecule has 0 radical (unpaired) electrons. The maximum atomic E-state index is 13.2. The largest absolute Gasteiger partial charge is 0.412 e. The van der Waals surface area contributed by atoms with Crippen LogP contribution in [0.4, 0.5) is 8.78 Å². The number of halogens is 2. The topological polar surface area (TPSA) is 61.0 Å². The Morgan fingerprint density at radius 2 is 1.30 bits per heavy atom. The first-order chi connectivity index (χ1) is 22.4. The number of thiocarbonyl (C=S) groups is 1. The lowest BCUT2D eigenvalue weighted by Crippen LogP contribution is -2.66. The van der Waals surface area contributed by atoms with Gasteiger partial charge in [-0.1, -0.05) is 112 Å². The first-order valence-electron chi connectivity index (χ1n) is 16.4. The van der Waals surface area contributed by atoms with Gasteiger partial charge in [0.05, 0.1) is 51.2 Å². The van der Waals surface area contributed by atoms with E-state index in [2.05, 4.69) is 44.5 Å². The van der Waals surface area contributed by atoms with Crippen molar-refractivity contribution in [3.05, 3.63) is 108 Å². The molecule has 0 saturated heterocycles. The summed E-state index contributed by atoms with van der Waals surface area (Å²) in [5.74, 6) is -0.0846. The van der Waals surface area contributed by atoms with Crippen molar-refractivity contribution in [1.82, 2.24) is 10.6 Å². The Bertz CT molecular complexity index is 1350. The molecule has 10 heteroatoms. The number of nitrogens with one attached hydrogen (secondary N) is 2. The van der Waals surface area contributed by atoms with Crippen molar-refractivity contribution in [3.63, 3.8) is 0 Å². The van der Waals surface area contributed by atoms with Gasteiger partial charge in [0, 0.05) is 5.92 Å². The second kappa shape index (κ2) is 17.6. The monoisotopic (exact) mass is 684 g/mol. The summed E-state index contributed by atoms with van der Waals surface area (Å²) < 4.78 is 53.4. The van der Waals surface area contributed by atoms with Gasteiger partial charge in [0.2, 0.25) is 0 Å². The predicted molar refractivity (Wildman–Crippen MR) is 190 cm³/mol. The summed E-state index contributed by atoms with van der Waals surface area (Å²) >= 11 is 5.56. The molecule has 5 atom stereocenters. The first-order valence-corrected chi connectivity index (χ1v) is 19.7. The number of alkyl halides is 2. The van der Waals surface area contributed by atoms with Gasteiger partial charge < -0.3 is 29.3 Å². The first kappa shape index (κ1) is 37.1. The molecular formula is C37H50F2N2O4SSi. The molecule has 0 amide bonds. The van der Waals surface area contributed by atoms with E-state index < -0.39 is 39.5 Å². The van der Waals surface area contributed by atoms with Gasteiger partial charge in [-0.15, -0.1) is 0 Å². The van der Waals surface area contributed by atoms with E-state index >= 15 is 0 Å². The molecule has 0 spiro atoms. The van der Waals surface area contributed by atoms with Crippen LogP contribution in [0.1, 0.15) is 43.9 Å². The molecule has 1 fully saturated rings. The smallest absolute Gasteiger partial charge is 0.255 e. The van der Waals surface area contributed by atoms with Crippen LogP contribution >= 0.6 is 12.2 Å². The lowest BCUT2D eigenvalue weighted by atomic mass is 9.79. The van der Waals surface area contributed by atoms with Gasteiger partial charge in [-0.2, -0.15) is 0 Å². The minimum absolute atomic E-state index is 0.0632. The highest BCUT2D eigenvalue weighted by Crippen LogP contribution is 2.41. The molecule has 0 aromatic heterocycles. The van der Waals surface area contributed by atoms with Crippen LogP contribution in [0, 0.1) is 5.92 Å². The summed E-state index contributed by atoms with van der Waals surface area (Å²) in [4.78, 5) is 0. The van der Waals surface area contributed by atoms with E-state index in [1.165, 1.54) is 0 Å². The van der Waals surface area contributed by atoms with E-state index in [0.717, 1.165) is 16.7 Å². The molecule has 3 aromatic carbocycles. The fourth-order valence-electron chi connectivity index (χ4n) is 5.52. The Morgan fingerprint density at radius 3 is 1.79 bits per heavy atom. The summed E-state index contributed by atoms with van der Waals surface area (Å²) in [5.41, 5.74) is 3.14. The Morgan fingerprint density at radius 1 is 0.809 bits per heavy atom. The molecule has 2 N–H and O–H groups in total. The molecule has 1 saturated carbocycles. The van der Waals surface area contributed by atoms with Crippen molar-refractivity contribution in [3.8, 4) is 0 Å². The molecule has 47 heavy (non-hydrogen) atoms. The standard InChI is InChI=1S/C37H50F2N2O4SSi/c1-37(2,3)47(4,5)45-31-21-30(26-42-23-27-15-9-6-10-16-27)34(43-24-28-17-11-7-12-18-28)35(44-25-29-19-13-8-14-20-29)33(31)41-36(46)40-22-32(38)39/h6-20,30-35H,21-26H2,1-5H3,(H2,40,41,46). The van der Waals surface area contributed by atoms with Gasteiger partial charge in [0.1, 0.15) is 6.10 Å². The molecule has 3 aromatic rings. The minimum atomic E-state index is -2.54. The number of rotatable bonds is 15. The summed E-state index contributed by atoms with van der Waals surface area (Å²) in [6.07, 6.45) is -3.23. The second-order valence-corrected chi connectivity index (χ2v) is 18.9. The van der Waals surface area contributed by atoms with E-state index in [1.807, 2.05) is 91.0 Å². The Labute approximate surface area is 285 Å². The molecule has 0 heterocycles. The van der Waals surface area contributed by atoms with Gasteiger partial charge in [-0.25, -0.2) is 8.78 Å². The molecular weight excluding hydrogens is 635 g/mol. The van der Waals surface area contributed by atoms with Gasteiger partial charge in [-0.3, -0.25) is 0 Å². The van der Waals surface area contributed by atoms with Crippen LogP contribution in [0.2, 0.25) is 18.1 Å². The van der Waals surface area contributed by atoms with Gasteiger partial charge in [0.15, 0.2) is 13.4 Å². The number of hydrogen-bond donors (Lipinski definition) is 2. The normalized spacial score (nSPS) is 21.8. The molecule has 5 unspecified atom stereocenters. The third-order valence-corrected chi connectivity index (χ3v) is 13.8. The number of ether oxygens (including phenoxy) is 3. The molecule has 256 valence electrons. The van der Waals surface area contributed by atoms with Crippen LogP contribution in [-0.2, 0) is 38.5 Å². The van der Waals surface area contributed by atoms with Crippen LogP contribution < -0.4 is 10.6 Å². The Balaban J connectivity index is 1.70. The fraction of sp³-hybridized carbons (Fsp3) is 0.486. The van der Waals surface area contributed by atoms with Crippen LogP contribution in [0.3, 0.4) is 0 Å². The summed E-state index contributed by atoms with van der Waals surface area (Å²) in [7, 11) is -2.31. The van der Waals surface area contributed by atoms with Gasteiger partial charge in [0.25, 0.3) is 6.43 Å². The maximum absolute atomic E-state index is 13.2. The van der Waals surface area contributed by atoms with Crippen molar-refractivity contribution in [2.45, 2.75) is 95.9 Å². The number of hydrogen-bond acceptors (Lipinski definition) is 5. The summed E-state index contributed by atoms with van der Waals surface area (Å²) in [5, 5.41) is 6.10. The summed E-state index contributed by atoms with van der Waals surface area (Å²) in [6.45, 7) is 12.1. The quantitative estimate of drug-likeness (QED) is 0.125. The highest BCUT2D eigenvalue weighted by atomic mass is 32.1. The lowest BCUT2D eigenvalue weighted by molar-refractivity contribution is -0.170. The van der Waals surface area contributed by atoms with Crippen LogP contribution in [-0.4, -0.2) is 57.4 Å². The molecule has 1 aliphatic carbocycles. The zero-order chi connectivity index (χ0) is 33.9. The minimum Gasteiger partial charge on any atom is -0.412 e. The van der Waals surface area contributed by atoms with E-state index in [9.17, 15) is 8.78 Å². The average molecular weight is 685 g/mol. The highest BCUT2D eigenvalue weighted by Gasteiger charge is 2.50. The van der Waals surface area contributed by atoms with Gasteiger partial charge in [-0.05, 0) is 53.5 Å². The molecule has 6 nitrogen and oxygen atoms in total. The van der Waals surface area contributed by atoms with Crippen molar-refractivity contribution in [2.75, 3.05) is 13.2 Å². The SMILES string of the molecule is CC(C)(C)[Si](C)(C)OC1CC(COCc2ccccc2)C(OCc2ccccc2)C(OCc2ccccc2)C1NC(=S)NCC(F)F. The van der Waals surface area contributed by atoms with Crippen molar-refractivity contribution in [1.29, 1.82) is 0 Å². The predicted octanol–water partition coefficient (Wildman–Crippen LogP) is 7.88. The summed E-state index contributed by atoms with van der Waals surface area (Å²) in [6, 6.07) is 29.6. The Hall–Kier alpha value is -2.73. The fourth-order valence-corrected chi connectivity index (χ4v) is 7.09. The van der Waals surface area contributed by atoms with Crippen LogP contribution in [0.5, 0.6) is 0 Å². The van der Waals surface area contributed by atoms with E-state index in [4.69, 9.17) is 30.9 Å². The molecule has 4 rings (SSSR count). The van der Waals surface area contributed by atoms with Crippen LogP contribution in [0.15, 0.2) is 91.0 Å². The third-order valence-electron chi connectivity index (χ3n) is 9.06. The van der Waals surface area contributed by atoms with Crippen LogP contribution in [0.25, 0.3) is 0 Å². The highest BCUT2D eigenvalue weighted by molar-refractivity contribution is 7.80. The maximum Gasteiger partial charge on any atom is 0.255 e. The molecule has 0 bridgehead atoms. The zero-order valence-electron chi connectivity index (χ0n) is 28.2. The number of benzene rings is 3. The van der Waals surface area contributed by atoms with E-state index in [0.29, 0.717) is 32.8 Å². The Kier molecular flexibility index (Phi) is 13.9. The van der Waals surface area contributed by atoms with Gasteiger partial charge >= 0.3 is 0 Å². The van der Waals surface area contributed by atoms with E-state index in [1.54, 1.807) is 0 Å².